The van der Waals surface area contributed by atoms with Crippen molar-refractivity contribution >= 4 is 16.9 Å². The van der Waals surface area contributed by atoms with Crippen LogP contribution in [0.4, 0.5) is 0 Å². The number of para-hydroxylation sites is 1. The lowest BCUT2D eigenvalue weighted by Crippen LogP contribution is -2.38. The highest BCUT2D eigenvalue weighted by Crippen LogP contribution is 2.38. The number of benzene rings is 2. The summed E-state index contributed by atoms with van der Waals surface area (Å²) in [4.78, 5) is 31.1. The molecular formula is C26H28N2O4. The van der Waals surface area contributed by atoms with Crippen LogP contribution in [0.2, 0.25) is 0 Å². The number of aryl methyl sites for hydroxylation is 1. The Hall–Kier alpha value is -2.96. The van der Waals surface area contributed by atoms with Crippen LogP contribution in [0, 0.1) is 0 Å². The zero-order valence-corrected chi connectivity index (χ0v) is 18.4. The Morgan fingerprint density at radius 1 is 0.969 bits per heavy atom. The van der Waals surface area contributed by atoms with Crippen molar-refractivity contribution in [1.82, 2.24) is 9.80 Å². The zero-order valence-electron chi connectivity index (χ0n) is 18.4. The molecular weight excluding hydrogens is 404 g/mol. The van der Waals surface area contributed by atoms with Crippen molar-refractivity contribution in [3.63, 3.8) is 0 Å². The van der Waals surface area contributed by atoms with Crippen LogP contribution in [0.15, 0.2) is 57.7 Å². The maximum Gasteiger partial charge on any atom is 0.290 e. The zero-order chi connectivity index (χ0) is 22.1. The molecule has 0 N–H and O–H groups in total. The number of ether oxygens (including phenoxy) is 1. The Morgan fingerprint density at radius 3 is 2.47 bits per heavy atom. The van der Waals surface area contributed by atoms with Crippen LogP contribution >= 0.6 is 0 Å². The number of carbonyl (C=O) groups is 1. The second-order valence-corrected chi connectivity index (χ2v) is 8.47. The second-order valence-electron chi connectivity index (χ2n) is 8.47. The lowest BCUT2D eigenvalue weighted by Gasteiger charge is -2.29. The van der Waals surface area contributed by atoms with Crippen molar-refractivity contribution in [2.24, 2.45) is 0 Å². The number of rotatable bonds is 6. The van der Waals surface area contributed by atoms with E-state index in [4.69, 9.17) is 9.15 Å². The summed E-state index contributed by atoms with van der Waals surface area (Å²) in [6, 6.07) is 15.0. The van der Waals surface area contributed by atoms with Gasteiger partial charge in [0.1, 0.15) is 5.58 Å². The third-order valence-corrected chi connectivity index (χ3v) is 6.55. The number of nitrogens with zero attached hydrogens (tertiary/aromatic N) is 2. The molecule has 0 saturated carbocycles. The molecule has 3 aromatic rings. The minimum absolute atomic E-state index is 0.115. The molecule has 1 saturated heterocycles. The molecule has 166 valence electrons. The van der Waals surface area contributed by atoms with Gasteiger partial charge >= 0.3 is 0 Å². The molecule has 0 bridgehead atoms. The lowest BCUT2D eigenvalue weighted by molar-refractivity contribution is 0.0353. The summed E-state index contributed by atoms with van der Waals surface area (Å²) in [5, 5.41) is 0.518. The normalized spacial score (nSPS) is 19.0. The number of hydrogen-bond donors (Lipinski definition) is 0. The van der Waals surface area contributed by atoms with Gasteiger partial charge in [-0.25, -0.2) is 0 Å². The van der Waals surface area contributed by atoms with Crippen molar-refractivity contribution in [2.75, 3.05) is 39.4 Å². The van der Waals surface area contributed by atoms with Crippen LogP contribution in [0.3, 0.4) is 0 Å². The monoisotopic (exact) mass is 432 g/mol. The minimum Gasteiger partial charge on any atom is -0.450 e. The third-order valence-electron chi connectivity index (χ3n) is 6.55. The summed E-state index contributed by atoms with van der Waals surface area (Å²) >= 11 is 0. The molecule has 0 unspecified atom stereocenters. The van der Waals surface area contributed by atoms with Gasteiger partial charge in [0.15, 0.2) is 5.43 Å². The number of hydrogen-bond acceptors (Lipinski definition) is 5. The van der Waals surface area contributed by atoms with Crippen LogP contribution < -0.4 is 5.43 Å². The highest BCUT2D eigenvalue weighted by Gasteiger charge is 2.42. The molecule has 5 rings (SSSR count). The summed E-state index contributed by atoms with van der Waals surface area (Å²) in [5.74, 6) is -0.0148. The van der Waals surface area contributed by atoms with E-state index in [1.165, 1.54) is 5.56 Å². The van der Waals surface area contributed by atoms with Gasteiger partial charge in [0.2, 0.25) is 5.76 Å². The smallest absolute Gasteiger partial charge is 0.290 e. The Labute approximate surface area is 187 Å². The highest BCUT2D eigenvalue weighted by molar-refractivity contribution is 5.99. The Morgan fingerprint density at radius 2 is 1.72 bits per heavy atom. The minimum atomic E-state index is -0.422. The molecule has 32 heavy (non-hydrogen) atoms. The van der Waals surface area contributed by atoms with Crippen molar-refractivity contribution in [2.45, 2.75) is 25.8 Å². The average Bonchev–Trinajstić information content (AvgIpc) is 3.12. The standard InChI is InChI=1S/C26H28N2O4/c1-2-18-8-10-19(11-9-18)23-22-24(29)20-6-3-4-7-21(20)32-25(22)26(30)28(23)13-5-12-27-14-16-31-17-15-27/h3-4,6-11,23H,2,5,12-17H2,1H3/t23-/m1/s1. The second kappa shape index (κ2) is 8.88. The molecule has 2 aromatic carbocycles. The Kier molecular flexibility index (Phi) is 5.81. The first-order valence-corrected chi connectivity index (χ1v) is 11.4. The van der Waals surface area contributed by atoms with Crippen molar-refractivity contribution in [3.05, 3.63) is 81.2 Å². The molecule has 3 heterocycles. The predicted molar refractivity (Wildman–Crippen MR) is 123 cm³/mol. The topological polar surface area (TPSA) is 63.0 Å². The summed E-state index contributed by atoms with van der Waals surface area (Å²) in [6.07, 6.45) is 1.77. The van der Waals surface area contributed by atoms with Crippen molar-refractivity contribution < 1.29 is 13.9 Å². The molecule has 2 aliphatic rings. The SMILES string of the molecule is CCc1ccc([C@@H]2c3c(oc4ccccc4c3=O)C(=O)N2CCCN2CCOCC2)cc1. The molecule has 0 aliphatic carbocycles. The van der Waals surface area contributed by atoms with E-state index in [2.05, 4.69) is 24.0 Å². The van der Waals surface area contributed by atoms with Gasteiger partial charge in [-0.3, -0.25) is 14.5 Å². The van der Waals surface area contributed by atoms with E-state index < -0.39 is 6.04 Å². The van der Waals surface area contributed by atoms with Gasteiger partial charge in [-0.1, -0.05) is 43.3 Å². The van der Waals surface area contributed by atoms with Gasteiger partial charge in [0.05, 0.1) is 30.2 Å². The first kappa shape index (κ1) is 20.9. The fraction of sp³-hybridized carbons (Fsp3) is 0.385. The summed E-state index contributed by atoms with van der Waals surface area (Å²) in [6.45, 7) is 6.92. The fourth-order valence-electron chi connectivity index (χ4n) is 4.77. The van der Waals surface area contributed by atoms with Gasteiger partial charge < -0.3 is 14.1 Å². The first-order chi connectivity index (χ1) is 15.7. The molecule has 0 radical (unpaired) electrons. The van der Waals surface area contributed by atoms with E-state index in [0.717, 1.165) is 51.3 Å². The van der Waals surface area contributed by atoms with E-state index >= 15 is 0 Å². The van der Waals surface area contributed by atoms with E-state index in [1.54, 1.807) is 12.1 Å². The Bertz CT molecular complexity index is 1180. The third kappa shape index (κ3) is 3.74. The molecule has 1 amide bonds. The van der Waals surface area contributed by atoms with Crippen LogP contribution in [0.25, 0.3) is 11.0 Å². The van der Waals surface area contributed by atoms with E-state index in [0.29, 0.717) is 23.1 Å². The summed E-state index contributed by atoms with van der Waals surface area (Å²) in [7, 11) is 0. The number of fused-ring (bicyclic) bond motifs is 2. The van der Waals surface area contributed by atoms with E-state index in [-0.39, 0.29) is 17.1 Å². The quantitative estimate of drug-likeness (QED) is 0.595. The first-order valence-electron chi connectivity index (χ1n) is 11.4. The van der Waals surface area contributed by atoms with Crippen LogP contribution in [-0.4, -0.2) is 55.1 Å². The molecule has 0 spiro atoms. The largest absolute Gasteiger partial charge is 0.450 e. The lowest BCUT2D eigenvalue weighted by atomic mass is 9.97. The van der Waals surface area contributed by atoms with Crippen LogP contribution in [0.1, 0.15) is 46.6 Å². The molecule has 2 aliphatic heterocycles. The Balaban J connectivity index is 1.51. The fourth-order valence-corrected chi connectivity index (χ4v) is 4.77. The van der Waals surface area contributed by atoms with Gasteiger partial charge in [-0.05, 0) is 36.1 Å². The predicted octanol–water partition coefficient (Wildman–Crippen LogP) is 3.62. The summed E-state index contributed by atoms with van der Waals surface area (Å²) < 4.78 is 11.4. The van der Waals surface area contributed by atoms with Gasteiger partial charge in [0, 0.05) is 26.2 Å². The van der Waals surface area contributed by atoms with Crippen LogP contribution in [-0.2, 0) is 11.2 Å². The van der Waals surface area contributed by atoms with E-state index in [1.807, 2.05) is 29.2 Å². The number of amides is 1. The number of carbonyl (C=O) groups excluding carboxylic acids is 1. The van der Waals surface area contributed by atoms with Crippen molar-refractivity contribution in [1.29, 1.82) is 0 Å². The van der Waals surface area contributed by atoms with Gasteiger partial charge in [-0.2, -0.15) is 0 Å². The molecule has 1 atom stereocenters. The maximum atomic E-state index is 13.5. The molecule has 6 heteroatoms. The van der Waals surface area contributed by atoms with Crippen molar-refractivity contribution in [3.8, 4) is 0 Å². The molecule has 1 fully saturated rings. The summed E-state index contributed by atoms with van der Waals surface area (Å²) in [5.41, 5.74) is 2.98. The van der Waals surface area contributed by atoms with Gasteiger partial charge in [0.25, 0.3) is 5.91 Å². The van der Waals surface area contributed by atoms with Gasteiger partial charge in [-0.15, -0.1) is 0 Å². The maximum absolute atomic E-state index is 13.5. The van der Waals surface area contributed by atoms with E-state index in [9.17, 15) is 9.59 Å². The molecule has 6 nitrogen and oxygen atoms in total. The number of morpholine rings is 1. The highest BCUT2D eigenvalue weighted by atomic mass is 16.5. The van der Waals surface area contributed by atoms with Crippen LogP contribution in [0.5, 0.6) is 0 Å². The average molecular weight is 433 g/mol. The molecule has 1 aromatic heterocycles.